The molecule has 1 aromatic rings. The molecule has 0 aliphatic rings. The molecule has 0 saturated carbocycles. The van der Waals surface area contributed by atoms with E-state index in [-0.39, 0.29) is 37.7 Å². The summed E-state index contributed by atoms with van der Waals surface area (Å²) in [5, 5.41) is 10.4. The summed E-state index contributed by atoms with van der Waals surface area (Å²) in [7, 11) is 0. The summed E-state index contributed by atoms with van der Waals surface area (Å²) in [5.41, 5.74) is 3.54. The maximum absolute atomic E-state index is 10.4. The van der Waals surface area contributed by atoms with Gasteiger partial charge in [-0.1, -0.05) is 90.2 Å². The Morgan fingerprint density at radius 1 is 0.690 bits per heavy atom. The van der Waals surface area contributed by atoms with Gasteiger partial charge in [-0.15, -0.1) is 0 Å². The number of benzene rings is 1. The average Bonchev–Trinajstić information content (AvgIpc) is 2.69. The molecule has 1 aromatic carbocycles. The van der Waals surface area contributed by atoms with Crippen LogP contribution in [0, 0.1) is 6.92 Å². The molecule has 0 heterocycles. The van der Waals surface area contributed by atoms with Crippen LogP contribution in [0.5, 0.6) is 5.75 Å². The van der Waals surface area contributed by atoms with Gasteiger partial charge in [0.25, 0.3) is 0 Å². The Morgan fingerprint density at radius 3 is 1.72 bits per heavy atom. The summed E-state index contributed by atoms with van der Waals surface area (Å²) in [4.78, 5) is 0. The molecule has 0 aliphatic carbocycles. The quantitative estimate of drug-likeness (QED) is 0.175. The summed E-state index contributed by atoms with van der Waals surface area (Å²) in [5.74, 6) is 5.00. The van der Waals surface area contributed by atoms with Crippen molar-refractivity contribution in [3.05, 3.63) is 28.8 Å². The van der Waals surface area contributed by atoms with Crippen molar-refractivity contribution < 1.29 is 5.11 Å². The second-order valence-electron chi connectivity index (χ2n) is 8.06. The van der Waals surface area contributed by atoms with Gasteiger partial charge in [0.15, 0.2) is 0 Å². The zero-order chi connectivity index (χ0) is 20.5. The van der Waals surface area contributed by atoms with Crippen LogP contribution in [-0.4, -0.2) is 54.4 Å². The Hall–Kier alpha value is 0.980. The van der Waals surface area contributed by atoms with Crippen LogP contribution in [0.4, 0.5) is 0 Å². The molecule has 0 bridgehead atoms. The summed E-state index contributed by atoms with van der Waals surface area (Å²) in [6.07, 6.45) is 16.4. The van der Waals surface area contributed by atoms with E-state index in [4.69, 9.17) is 0 Å². The van der Waals surface area contributed by atoms with E-state index >= 15 is 0 Å². The van der Waals surface area contributed by atoms with E-state index in [1.807, 2.05) is 30.4 Å². The monoisotopic (exact) mass is 466 g/mol. The topological polar surface area (TPSA) is 20.2 Å². The molecular weight excluding hydrogens is 420 g/mol. The Labute approximate surface area is 220 Å². The van der Waals surface area contributed by atoms with Gasteiger partial charge in [-0.2, -0.15) is 23.5 Å². The number of unbranched alkanes of at least 4 members (excludes halogenated alkanes) is 10. The molecule has 166 valence electrons. The molecule has 0 spiro atoms. The van der Waals surface area contributed by atoms with Crippen molar-refractivity contribution >= 4 is 61.3 Å². The first-order valence-electron chi connectivity index (χ1n) is 11.7. The number of thioether (sulfide) groups is 2. The molecule has 1 nitrogen and oxygen atoms in total. The summed E-state index contributed by atoms with van der Waals surface area (Å²) in [6, 6.07) is 4.41. The van der Waals surface area contributed by atoms with Crippen molar-refractivity contribution in [1.29, 1.82) is 0 Å². The Balaban J connectivity index is 0.00000784. The van der Waals surface area contributed by atoms with Crippen LogP contribution < -0.4 is 0 Å². The molecule has 0 aromatic heterocycles. The third kappa shape index (κ3) is 15.4. The molecule has 0 radical (unpaired) electrons. The van der Waals surface area contributed by atoms with Gasteiger partial charge in [0.05, 0.1) is 0 Å². The van der Waals surface area contributed by atoms with Crippen molar-refractivity contribution in [3.63, 3.8) is 0 Å². The van der Waals surface area contributed by atoms with Crippen molar-refractivity contribution in [2.45, 2.75) is 109 Å². The van der Waals surface area contributed by atoms with Gasteiger partial charge in [-0.05, 0) is 42.4 Å². The first-order chi connectivity index (χ1) is 13.7. The minimum absolute atomic E-state index is 0. The number of aryl methyl sites for hydroxylation is 1. The normalized spacial score (nSPS) is 10.9. The van der Waals surface area contributed by atoms with Gasteiger partial charge >= 0.3 is 37.7 Å². The molecule has 1 rings (SSSR count). The maximum atomic E-state index is 10.4. The van der Waals surface area contributed by atoms with Crippen LogP contribution in [0.3, 0.4) is 0 Å². The average molecular weight is 467 g/mol. The third-order valence-electron chi connectivity index (χ3n) is 5.25. The molecular formula is C25H46CaOS2. The summed E-state index contributed by atoms with van der Waals surface area (Å²) >= 11 is 4.02. The molecule has 1 N–H and O–H groups in total. The Morgan fingerprint density at radius 2 is 1.17 bits per heavy atom. The second kappa shape index (κ2) is 20.9. The van der Waals surface area contributed by atoms with Crippen LogP contribution in [0.15, 0.2) is 12.1 Å². The van der Waals surface area contributed by atoms with E-state index in [9.17, 15) is 5.11 Å². The van der Waals surface area contributed by atoms with E-state index in [2.05, 4.69) is 26.0 Å². The number of aromatic hydroxyl groups is 1. The van der Waals surface area contributed by atoms with Crippen molar-refractivity contribution in [1.82, 2.24) is 0 Å². The first-order valence-corrected chi connectivity index (χ1v) is 14.0. The van der Waals surface area contributed by atoms with Gasteiger partial charge in [0.1, 0.15) is 5.75 Å². The van der Waals surface area contributed by atoms with Crippen LogP contribution in [-0.2, 0) is 11.5 Å². The van der Waals surface area contributed by atoms with Crippen LogP contribution in [0.1, 0.15) is 108 Å². The number of phenolic OH excluding ortho intramolecular Hbond substituents is 1. The minimum atomic E-state index is 0. The number of hydrogen-bond donors (Lipinski definition) is 1. The Bertz CT molecular complexity index is 508. The van der Waals surface area contributed by atoms with Gasteiger partial charge in [0, 0.05) is 17.1 Å². The SMILES string of the molecule is CCCCCCCCSCc1cc(C)c(O)c(CSCCCCCCCC)c1.[CaH2]. The number of rotatable bonds is 18. The second-order valence-corrected chi connectivity index (χ2v) is 10.3. The van der Waals surface area contributed by atoms with Crippen LogP contribution in [0.2, 0.25) is 0 Å². The predicted octanol–water partition coefficient (Wildman–Crippen LogP) is 7.97. The molecule has 4 heteroatoms. The standard InChI is InChI=1S/C25H44OS2.Ca.2H/c1-4-6-8-10-12-14-16-27-20-23-18-22(3)25(26)24(19-23)21-28-17-15-13-11-9-7-5-2;;;/h18-19,26H,4-17,20-21H2,1-3H3;;;. The molecule has 0 amide bonds. The van der Waals surface area contributed by atoms with Crippen LogP contribution >= 0.6 is 23.5 Å². The van der Waals surface area contributed by atoms with Crippen molar-refractivity contribution in [2.24, 2.45) is 0 Å². The van der Waals surface area contributed by atoms with E-state index in [1.54, 1.807) is 0 Å². The zero-order valence-electron chi connectivity index (χ0n) is 18.7. The molecule has 0 aliphatic heterocycles. The first kappa shape index (κ1) is 30.0. The van der Waals surface area contributed by atoms with E-state index in [1.165, 1.54) is 94.1 Å². The van der Waals surface area contributed by atoms with Gasteiger partial charge in [-0.3, -0.25) is 0 Å². The third-order valence-corrected chi connectivity index (χ3v) is 7.46. The fourth-order valence-corrected chi connectivity index (χ4v) is 5.42. The molecule has 29 heavy (non-hydrogen) atoms. The predicted molar refractivity (Wildman–Crippen MR) is 140 cm³/mol. The molecule has 0 fully saturated rings. The van der Waals surface area contributed by atoms with E-state index in [0.717, 1.165) is 22.6 Å². The van der Waals surface area contributed by atoms with E-state index in [0.29, 0.717) is 5.75 Å². The van der Waals surface area contributed by atoms with Gasteiger partial charge < -0.3 is 5.11 Å². The van der Waals surface area contributed by atoms with E-state index < -0.39 is 0 Å². The number of hydrogen-bond acceptors (Lipinski definition) is 3. The summed E-state index contributed by atoms with van der Waals surface area (Å²) < 4.78 is 0. The van der Waals surface area contributed by atoms with Crippen LogP contribution in [0.25, 0.3) is 0 Å². The number of phenols is 1. The van der Waals surface area contributed by atoms with Gasteiger partial charge in [-0.25, -0.2) is 0 Å². The fraction of sp³-hybridized carbons (Fsp3) is 0.760. The summed E-state index contributed by atoms with van der Waals surface area (Å²) in [6.45, 7) is 6.58. The Kier molecular flexibility index (Phi) is 21.6. The van der Waals surface area contributed by atoms with Crippen molar-refractivity contribution in [3.8, 4) is 5.75 Å². The van der Waals surface area contributed by atoms with Crippen molar-refractivity contribution in [2.75, 3.05) is 11.5 Å². The fourth-order valence-electron chi connectivity index (χ4n) is 3.47. The molecule has 0 saturated heterocycles. The molecule has 0 atom stereocenters. The van der Waals surface area contributed by atoms with Gasteiger partial charge in [0.2, 0.25) is 0 Å². The molecule has 0 unspecified atom stereocenters. The zero-order valence-corrected chi connectivity index (χ0v) is 20.4.